The molecule has 0 atom stereocenters. The first-order chi connectivity index (χ1) is 14.7. The summed E-state index contributed by atoms with van der Waals surface area (Å²) in [5.41, 5.74) is 0.988. The van der Waals surface area contributed by atoms with Gasteiger partial charge in [0.05, 0.1) is 19.3 Å². The largest absolute Gasteiger partial charge is 0.496 e. The zero-order chi connectivity index (χ0) is 20.9. The Kier molecular flexibility index (Phi) is 5.80. The summed E-state index contributed by atoms with van der Waals surface area (Å²) in [6, 6.07) is 12.3. The average molecular weight is 411 g/mol. The summed E-state index contributed by atoms with van der Waals surface area (Å²) in [6.07, 6.45) is 0. The molecule has 0 fully saturated rings. The summed E-state index contributed by atoms with van der Waals surface area (Å²) >= 11 is 0. The lowest BCUT2D eigenvalue weighted by atomic mass is 10.1. The van der Waals surface area contributed by atoms with E-state index < -0.39 is 5.91 Å². The topological polar surface area (TPSA) is 93.9 Å². The maximum Gasteiger partial charge on any atom is 0.336 e. The molecule has 0 saturated heterocycles. The minimum Gasteiger partial charge on any atom is -0.496 e. The molecule has 9 heteroatoms. The van der Waals surface area contributed by atoms with Gasteiger partial charge in [0.15, 0.2) is 17.3 Å². The van der Waals surface area contributed by atoms with E-state index in [2.05, 4.69) is 10.1 Å². The number of aromatic nitrogens is 3. The number of methoxy groups -OCH3 is 1. The van der Waals surface area contributed by atoms with Crippen LogP contribution in [0.4, 0.5) is 0 Å². The van der Waals surface area contributed by atoms with Gasteiger partial charge in [-0.05, 0) is 37.3 Å². The van der Waals surface area contributed by atoms with Crippen LogP contribution in [-0.2, 0) is 4.74 Å². The SMILES string of the molecule is CCOCCOc1nc(-c2ccc3c(c2)OCO3)n(C(=O)c2ccccc2OC)n1. The molecule has 156 valence electrons. The molecule has 3 aromatic rings. The van der Waals surface area contributed by atoms with Crippen LogP contribution in [0.3, 0.4) is 0 Å². The van der Waals surface area contributed by atoms with Crippen molar-refractivity contribution in [3.63, 3.8) is 0 Å². The molecular formula is C21H21N3O6. The zero-order valence-corrected chi connectivity index (χ0v) is 16.7. The molecule has 0 bridgehead atoms. The van der Waals surface area contributed by atoms with E-state index in [1.807, 2.05) is 6.92 Å². The minimum absolute atomic E-state index is 0.0746. The highest BCUT2D eigenvalue weighted by Crippen LogP contribution is 2.36. The lowest BCUT2D eigenvalue weighted by molar-refractivity contribution is 0.0935. The van der Waals surface area contributed by atoms with Gasteiger partial charge in [-0.1, -0.05) is 12.1 Å². The Labute approximate surface area is 173 Å². The van der Waals surface area contributed by atoms with Crippen molar-refractivity contribution in [3.8, 4) is 34.6 Å². The van der Waals surface area contributed by atoms with E-state index in [4.69, 9.17) is 23.7 Å². The number of hydrogen-bond donors (Lipinski definition) is 0. The first-order valence-electron chi connectivity index (χ1n) is 9.46. The highest BCUT2D eigenvalue weighted by Gasteiger charge is 2.24. The summed E-state index contributed by atoms with van der Waals surface area (Å²) in [4.78, 5) is 17.7. The van der Waals surface area contributed by atoms with E-state index >= 15 is 0 Å². The van der Waals surface area contributed by atoms with Crippen LogP contribution < -0.4 is 18.9 Å². The predicted molar refractivity (Wildman–Crippen MR) is 106 cm³/mol. The molecule has 9 nitrogen and oxygen atoms in total. The van der Waals surface area contributed by atoms with Gasteiger partial charge in [0.1, 0.15) is 12.4 Å². The molecule has 2 aromatic carbocycles. The Morgan fingerprint density at radius 1 is 1.13 bits per heavy atom. The molecule has 0 N–H and O–H groups in total. The Morgan fingerprint density at radius 3 is 2.80 bits per heavy atom. The average Bonchev–Trinajstić information content (AvgIpc) is 3.42. The molecule has 0 radical (unpaired) electrons. The maximum atomic E-state index is 13.3. The lowest BCUT2D eigenvalue weighted by Gasteiger charge is -2.09. The van der Waals surface area contributed by atoms with Crippen LogP contribution in [0.1, 0.15) is 17.3 Å². The van der Waals surface area contributed by atoms with Crippen LogP contribution in [0, 0.1) is 0 Å². The van der Waals surface area contributed by atoms with Crippen molar-refractivity contribution in [2.24, 2.45) is 0 Å². The van der Waals surface area contributed by atoms with Crippen LogP contribution in [0.5, 0.6) is 23.3 Å². The van der Waals surface area contributed by atoms with Crippen LogP contribution in [-0.4, -0.2) is 54.4 Å². The van der Waals surface area contributed by atoms with E-state index in [1.165, 1.54) is 11.8 Å². The van der Waals surface area contributed by atoms with Crippen molar-refractivity contribution < 1.29 is 28.5 Å². The molecule has 0 spiro atoms. The Bertz CT molecular complexity index is 1050. The number of para-hydroxylation sites is 1. The van der Waals surface area contributed by atoms with Gasteiger partial charge in [-0.25, -0.2) is 0 Å². The Morgan fingerprint density at radius 2 is 1.97 bits per heavy atom. The van der Waals surface area contributed by atoms with Crippen molar-refractivity contribution in [1.82, 2.24) is 14.8 Å². The number of benzene rings is 2. The van der Waals surface area contributed by atoms with Gasteiger partial charge < -0.3 is 23.7 Å². The van der Waals surface area contributed by atoms with Gasteiger partial charge >= 0.3 is 6.01 Å². The molecule has 2 heterocycles. The van der Waals surface area contributed by atoms with E-state index in [0.29, 0.717) is 47.4 Å². The van der Waals surface area contributed by atoms with Crippen molar-refractivity contribution >= 4 is 5.91 Å². The molecule has 0 aliphatic carbocycles. The number of hydrogen-bond acceptors (Lipinski definition) is 8. The highest BCUT2D eigenvalue weighted by molar-refractivity contribution is 5.99. The van der Waals surface area contributed by atoms with Gasteiger partial charge in [0.2, 0.25) is 6.79 Å². The van der Waals surface area contributed by atoms with Gasteiger partial charge in [-0.2, -0.15) is 9.67 Å². The number of fused-ring (bicyclic) bond motifs is 1. The van der Waals surface area contributed by atoms with Gasteiger partial charge in [0.25, 0.3) is 5.91 Å². The fourth-order valence-electron chi connectivity index (χ4n) is 2.99. The number of carbonyl (C=O) groups excluding carboxylic acids is 1. The quantitative estimate of drug-likeness (QED) is 0.523. The Balaban J connectivity index is 1.72. The fourth-order valence-corrected chi connectivity index (χ4v) is 2.99. The number of carbonyl (C=O) groups is 1. The third kappa shape index (κ3) is 3.92. The summed E-state index contributed by atoms with van der Waals surface area (Å²) < 4.78 is 28.2. The molecular weight excluding hydrogens is 390 g/mol. The lowest BCUT2D eigenvalue weighted by Crippen LogP contribution is -2.16. The normalized spacial score (nSPS) is 12.1. The molecule has 0 saturated carbocycles. The predicted octanol–water partition coefficient (Wildman–Crippen LogP) is 2.79. The van der Waals surface area contributed by atoms with Crippen molar-refractivity contribution in [1.29, 1.82) is 0 Å². The van der Waals surface area contributed by atoms with Crippen LogP contribution in [0.15, 0.2) is 42.5 Å². The van der Waals surface area contributed by atoms with E-state index in [-0.39, 0.29) is 19.4 Å². The number of rotatable bonds is 8. The van der Waals surface area contributed by atoms with Crippen molar-refractivity contribution in [2.75, 3.05) is 33.7 Å². The monoisotopic (exact) mass is 411 g/mol. The molecule has 0 unspecified atom stereocenters. The molecule has 1 aliphatic rings. The second kappa shape index (κ2) is 8.83. The second-order valence-corrected chi connectivity index (χ2v) is 6.25. The van der Waals surface area contributed by atoms with E-state index in [1.54, 1.807) is 42.5 Å². The smallest absolute Gasteiger partial charge is 0.336 e. The standard InChI is InChI=1S/C21H21N3O6/c1-3-27-10-11-28-21-22-19(14-8-9-17-18(12-14)30-13-29-17)24(23-21)20(25)15-6-4-5-7-16(15)26-2/h4-9,12H,3,10-11,13H2,1-2H3. The van der Waals surface area contributed by atoms with E-state index in [0.717, 1.165) is 0 Å². The number of ether oxygens (including phenoxy) is 5. The van der Waals surface area contributed by atoms with Crippen LogP contribution >= 0.6 is 0 Å². The van der Waals surface area contributed by atoms with Crippen molar-refractivity contribution in [2.45, 2.75) is 6.92 Å². The molecule has 4 rings (SSSR count). The van der Waals surface area contributed by atoms with Crippen LogP contribution in [0.2, 0.25) is 0 Å². The van der Waals surface area contributed by atoms with Crippen LogP contribution in [0.25, 0.3) is 11.4 Å². The summed E-state index contributed by atoms with van der Waals surface area (Å²) in [6.45, 7) is 3.29. The van der Waals surface area contributed by atoms with Crippen molar-refractivity contribution in [3.05, 3.63) is 48.0 Å². The summed E-state index contributed by atoms with van der Waals surface area (Å²) in [7, 11) is 1.51. The van der Waals surface area contributed by atoms with Gasteiger partial charge in [-0.3, -0.25) is 4.79 Å². The first kappa shape index (κ1) is 19.7. The fraction of sp³-hybridized carbons (Fsp3) is 0.286. The van der Waals surface area contributed by atoms with Gasteiger partial charge in [-0.15, -0.1) is 5.10 Å². The maximum absolute atomic E-state index is 13.3. The second-order valence-electron chi connectivity index (χ2n) is 6.25. The van der Waals surface area contributed by atoms with Gasteiger partial charge in [0, 0.05) is 12.2 Å². The van der Waals surface area contributed by atoms with E-state index in [9.17, 15) is 4.79 Å². The number of nitrogens with zero attached hydrogens (tertiary/aromatic N) is 3. The summed E-state index contributed by atoms with van der Waals surface area (Å²) in [5, 5.41) is 4.28. The Hall–Kier alpha value is -3.59. The molecule has 1 aliphatic heterocycles. The molecule has 1 aromatic heterocycles. The first-order valence-corrected chi connectivity index (χ1v) is 9.46. The molecule has 30 heavy (non-hydrogen) atoms. The zero-order valence-electron chi connectivity index (χ0n) is 16.7. The third-order valence-electron chi connectivity index (χ3n) is 4.41. The summed E-state index contributed by atoms with van der Waals surface area (Å²) in [5.74, 6) is 1.57. The third-order valence-corrected chi connectivity index (χ3v) is 4.41. The minimum atomic E-state index is -0.396. The highest BCUT2D eigenvalue weighted by atomic mass is 16.7. The molecule has 0 amide bonds.